The number of nitrogens with two attached hydrogens (primary N) is 1. The topological polar surface area (TPSA) is 66.6 Å². The number of likely N-dealkylation sites (tertiary alicyclic amines) is 1. The van der Waals surface area contributed by atoms with Crippen LogP contribution in [0.3, 0.4) is 0 Å². The fourth-order valence-corrected chi connectivity index (χ4v) is 2.03. The second kappa shape index (κ2) is 5.32. The maximum absolute atomic E-state index is 10.7. The van der Waals surface area contributed by atoms with Crippen molar-refractivity contribution in [2.45, 2.75) is 32.3 Å². The maximum Gasteiger partial charge on any atom is 0.217 e. The molecule has 82 valence electrons. The molecule has 0 saturated carbocycles. The van der Waals surface area contributed by atoms with Crippen LogP contribution in [-0.2, 0) is 4.79 Å². The number of carbonyl (C=O) groups is 1. The van der Waals surface area contributed by atoms with Crippen LogP contribution in [-0.4, -0.2) is 41.7 Å². The van der Waals surface area contributed by atoms with Gasteiger partial charge in [0.15, 0.2) is 0 Å². The number of carbonyl (C=O) groups excluding carboxylic acids is 1. The molecule has 1 atom stereocenters. The number of piperidine rings is 1. The molecule has 1 saturated heterocycles. The van der Waals surface area contributed by atoms with Crippen LogP contribution in [0, 0.1) is 5.92 Å². The molecule has 1 amide bonds. The summed E-state index contributed by atoms with van der Waals surface area (Å²) in [6.07, 6.45) is 2.30. The number of hydrogen-bond acceptors (Lipinski definition) is 3. The van der Waals surface area contributed by atoms with Gasteiger partial charge in [0.2, 0.25) is 5.91 Å². The molecule has 1 aliphatic rings. The third kappa shape index (κ3) is 4.07. The van der Waals surface area contributed by atoms with Crippen molar-refractivity contribution in [2.75, 3.05) is 19.6 Å². The van der Waals surface area contributed by atoms with Crippen LogP contribution in [0.15, 0.2) is 0 Å². The molecule has 0 radical (unpaired) electrons. The number of hydrogen-bond donors (Lipinski definition) is 2. The summed E-state index contributed by atoms with van der Waals surface area (Å²) in [4.78, 5) is 12.9. The molecule has 1 aliphatic heterocycles. The Morgan fingerprint density at radius 2 is 2.14 bits per heavy atom. The second-order valence-electron chi connectivity index (χ2n) is 4.26. The van der Waals surface area contributed by atoms with Gasteiger partial charge in [-0.25, -0.2) is 0 Å². The van der Waals surface area contributed by atoms with Crippen molar-refractivity contribution >= 4 is 5.91 Å². The van der Waals surface area contributed by atoms with Gasteiger partial charge >= 0.3 is 0 Å². The molecular formula is C10H20N2O2. The standard InChI is InChI=1S/C10H20N2O2/c1-8(13)7-12-4-2-9(3-5-12)6-10(11)14/h8-9,13H,2-7H2,1H3,(H2,11,14)/t8-/m1/s1. The summed E-state index contributed by atoms with van der Waals surface area (Å²) in [5.41, 5.74) is 5.15. The minimum Gasteiger partial charge on any atom is -0.392 e. The van der Waals surface area contributed by atoms with Crippen LogP contribution in [0.5, 0.6) is 0 Å². The molecule has 0 aromatic heterocycles. The number of primary amides is 1. The van der Waals surface area contributed by atoms with Crippen LogP contribution in [0.1, 0.15) is 26.2 Å². The Labute approximate surface area is 85.1 Å². The zero-order chi connectivity index (χ0) is 10.6. The molecule has 0 aromatic rings. The molecule has 0 aromatic carbocycles. The summed E-state index contributed by atoms with van der Waals surface area (Å²) in [6, 6.07) is 0. The normalized spacial score (nSPS) is 22.1. The van der Waals surface area contributed by atoms with Crippen molar-refractivity contribution < 1.29 is 9.90 Å². The lowest BCUT2D eigenvalue weighted by Gasteiger charge is -2.32. The zero-order valence-electron chi connectivity index (χ0n) is 8.78. The SMILES string of the molecule is C[C@@H](O)CN1CCC(CC(N)=O)CC1. The summed E-state index contributed by atoms with van der Waals surface area (Å²) in [5.74, 6) is 0.261. The molecule has 3 N–H and O–H groups in total. The van der Waals surface area contributed by atoms with Gasteiger partial charge in [-0.05, 0) is 38.8 Å². The molecule has 14 heavy (non-hydrogen) atoms. The monoisotopic (exact) mass is 200 g/mol. The Kier molecular flexibility index (Phi) is 4.35. The van der Waals surface area contributed by atoms with Crippen LogP contribution < -0.4 is 5.73 Å². The molecule has 0 spiro atoms. The van der Waals surface area contributed by atoms with Crippen LogP contribution in [0.2, 0.25) is 0 Å². The fraction of sp³-hybridized carbons (Fsp3) is 0.900. The lowest BCUT2D eigenvalue weighted by molar-refractivity contribution is -0.119. The number of nitrogens with zero attached hydrogens (tertiary/aromatic N) is 1. The smallest absolute Gasteiger partial charge is 0.217 e. The Hall–Kier alpha value is -0.610. The first kappa shape index (κ1) is 11.5. The van der Waals surface area contributed by atoms with Crippen LogP contribution >= 0.6 is 0 Å². The molecular weight excluding hydrogens is 180 g/mol. The van der Waals surface area contributed by atoms with E-state index >= 15 is 0 Å². The van der Waals surface area contributed by atoms with Gasteiger partial charge in [-0.3, -0.25) is 4.79 Å². The van der Waals surface area contributed by atoms with E-state index < -0.39 is 0 Å². The number of aliphatic hydroxyl groups excluding tert-OH is 1. The van der Waals surface area contributed by atoms with Crippen molar-refractivity contribution in [3.05, 3.63) is 0 Å². The number of β-amino-alcohol motifs (C(OH)–C–C–N with tert-alkyl or cyclic N) is 1. The molecule has 1 rings (SSSR count). The third-order valence-electron chi connectivity index (χ3n) is 2.72. The van der Waals surface area contributed by atoms with Gasteiger partial charge in [0.25, 0.3) is 0 Å². The van der Waals surface area contributed by atoms with Crippen molar-refractivity contribution in [3.63, 3.8) is 0 Å². The van der Waals surface area contributed by atoms with Crippen molar-refractivity contribution in [3.8, 4) is 0 Å². The third-order valence-corrected chi connectivity index (χ3v) is 2.72. The largest absolute Gasteiger partial charge is 0.392 e. The molecule has 0 unspecified atom stereocenters. The summed E-state index contributed by atoms with van der Waals surface area (Å²) >= 11 is 0. The predicted octanol–water partition coefficient (Wildman–Crippen LogP) is -0.0454. The van der Waals surface area contributed by atoms with E-state index in [1.165, 1.54) is 0 Å². The van der Waals surface area contributed by atoms with Crippen molar-refractivity contribution in [2.24, 2.45) is 11.7 Å². The molecule has 4 nitrogen and oxygen atoms in total. The van der Waals surface area contributed by atoms with Crippen molar-refractivity contribution in [1.29, 1.82) is 0 Å². The number of amides is 1. The van der Waals surface area contributed by atoms with Crippen LogP contribution in [0.4, 0.5) is 0 Å². The van der Waals surface area contributed by atoms with Gasteiger partial charge in [-0.15, -0.1) is 0 Å². The minimum atomic E-state index is -0.261. The second-order valence-corrected chi connectivity index (χ2v) is 4.26. The van der Waals surface area contributed by atoms with Gasteiger partial charge in [-0.1, -0.05) is 0 Å². The predicted molar refractivity (Wildman–Crippen MR) is 54.7 cm³/mol. The average Bonchev–Trinajstić information content (AvgIpc) is 2.06. The molecule has 0 bridgehead atoms. The van der Waals surface area contributed by atoms with E-state index in [-0.39, 0.29) is 12.0 Å². The van der Waals surface area contributed by atoms with E-state index in [9.17, 15) is 9.90 Å². The molecule has 1 heterocycles. The Balaban J connectivity index is 2.21. The van der Waals surface area contributed by atoms with E-state index in [2.05, 4.69) is 4.90 Å². The highest BCUT2D eigenvalue weighted by molar-refractivity contribution is 5.73. The Morgan fingerprint density at radius 1 is 1.57 bits per heavy atom. The highest BCUT2D eigenvalue weighted by Gasteiger charge is 2.20. The van der Waals surface area contributed by atoms with Gasteiger partial charge in [0, 0.05) is 13.0 Å². The van der Waals surface area contributed by atoms with Gasteiger partial charge in [0.1, 0.15) is 0 Å². The maximum atomic E-state index is 10.7. The van der Waals surface area contributed by atoms with Gasteiger partial charge in [-0.2, -0.15) is 0 Å². The first-order valence-corrected chi connectivity index (χ1v) is 5.26. The molecule has 1 fully saturated rings. The number of aliphatic hydroxyl groups is 1. The quantitative estimate of drug-likeness (QED) is 0.669. The zero-order valence-corrected chi connectivity index (χ0v) is 8.78. The highest BCUT2D eigenvalue weighted by atomic mass is 16.3. The van der Waals surface area contributed by atoms with E-state index in [0.717, 1.165) is 32.5 Å². The summed E-state index contributed by atoms with van der Waals surface area (Å²) in [6.45, 7) is 4.49. The summed E-state index contributed by atoms with van der Waals surface area (Å²) in [5, 5.41) is 9.20. The first-order valence-electron chi connectivity index (χ1n) is 5.26. The molecule has 4 heteroatoms. The molecule has 0 aliphatic carbocycles. The van der Waals surface area contributed by atoms with E-state index in [1.54, 1.807) is 6.92 Å². The Bertz CT molecular complexity index is 187. The summed E-state index contributed by atoms with van der Waals surface area (Å²) < 4.78 is 0. The van der Waals surface area contributed by atoms with Crippen molar-refractivity contribution in [1.82, 2.24) is 4.90 Å². The lowest BCUT2D eigenvalue weighted by Crippen LogP contribution is -2.38. The highest BCUT2D eigenvalue weighted by Crippen LogP contribution is 2.19. The summed E-state index contributed by atoms with van der Waals surface area (Å²) in [7, 11) is 0. The lowest BCUT2D eigenvalue weighted by atomic mass is 9.93. The Morgan fingerprint density at radius 3 is 2.57 bits per heavy atom. The first-order chi connectivity index (χ1) is 6.58. The fourth-order valence-electron chi connectivity index (χ4n) is 2.03. The average molecular weight is 200 g/mol. The van der Waals surface area contributed by atoms with E-state index in [4.69, 9.17) is 5.73 Å². The van der Waals surface area contributed by atoms with E-state index in [1.807, 2.05) is 0 Å². The number of rotatable bonds is 4. The minimum absolute atomic E-state index is 0.195. The van der Waals surface area contributed by atoms with Gasteiger partial charge in [0.05, 0.1) is 6.10 Å². The van der Waals surface area contributed by atoms with Gasteiger partial charge < -0.3 is 15.7 Å². The van der Waals surface area contributed by atoms with Crippen LogP contribution in [0.25, 0.3) is 0 Å². The van der Waals surface area contributed by atoms with E-state index in [0.29, 0.717) is 12.3 Å².